The van der Waals surface area contributed by atoms with Crippen molar-refractivity contribution in [1.82, 2.24) is 0 Å². The number of aromatic nitrogens is 1. The van der Waals surface area contributed by atoms with Crippen molar-refractivity contribution < 1.29 is 9.36 Å². The Morgan fingerprint density at radius 3 is 2.70 bits per heavy atom. The topological polar surface area (TPSA) is 33.0 Å². The number of hydrogen-bond donors (Lipinski definition) is 1. The van der Waals surface area contributed by atoms with E-state index in [1.54, 1.807) is 18.2 Å². The van der Waals surface area contributed by atoms with E-state index in [1.165, 1.54) is 0 Å². The van der Waals surface area contributed by atoms with Crippen LogP contribution >= 0.6 is 23.2 Å². The average Bonchev–Trinajstić information content (AvgIpc) is 2.42. The van der Waals surface area contributed by atoms with Gasteiger partial charge in [0.05, 0.1) is 10.7 Å². The smallest absolute Gasteiger partial charge is 0.293 e. The Labute approximate surface area is 128 Å². The third kappa shape index (κ3) is 3.30. The summed E-state index contributed by atoms with van der Waals surface area (Å²) in [7, 11) is 0. The van der Waals surface area contributed by atoms with Gasteiger partial charge in [0, 0.05) is 31.0 Å². The lowest BCUT2D eigenvalue weighted by atomic mass is 10.2. The van der Waals surface area contributed by atoms with E-state index >= 15 is 0 Å². The average molecular weight is 310 g/mol. The van der Waals surface area contributed by atoms with E-state index in [9.17, 15) is 4.79 Å². The fraction of sp³-hybridized carbons (Fsp3) is 0.200. The van der Waals surface area contributed by atoms with Gasteiger partial charge < -0.3 is 5.32 Å². The molecule has 1 atom stereocenters. The number of nitrogens with zero attached hydrogens (tertiary/aromatic N) is 1. The molecule has 104 valence electrons. The highest BCUT2D eigenvalue weighted by atomic mass is 35.5. The molecule has 0 radical (unpaired) electrons. The second kappa shape index (κ2) is 6.25. The van der Waals surface area contributed by atoms with Gasteiger partial charge in [-0.1, -0.05) is 29.3 Å². The molecule has 1 aromatic heterocycles. The molecule has 0 spiro atoms. The summed E-state index contributed by atoms with van der Waals surface area (Å²) in [5.74, 6) is -0.145. The summed E-state index contributed by atoms with van der Waals surface area (Å²) in [5.41, 5.74) is 1.53. The summed E-state index contributed by atoms with van der Waals surface area (Å²) in [6.07, 6.45) is 1.87. The first kappa shape index (κ1) is 14.8. The summed E-state index contributed by atoms with van der Waals surface area (Å²) in [6.45, 7) is 3.79. The van der Waals surface area contributed by atoms with Crippen molar-refractivity contribution in [3.8, 4) is 0 Å². The van der Waals surface area contributed by atoms with Crippen LogP contribution in [0.3, 0.4) is 0 Å². The molecule has 0 bridgehead atoms. The summed E-state index contributed by atoms with van der Waals surface area (Å²) < 4.78 is 1.90. The van der Waals surface area contributed by atoms with Crippen LogP contribution < -0.4 is 9.88 Å². The maximum Gasteiger partial charge on any atom is 0.293 e. The van der Waals surface area contributed by atoms with Crippen LogP contribution in [0.2, 0.25) is 10.0 Å². The molecule has 1 heterocycles. The number of amides is 1. The lowest BCUT2D eigenvalue weighted by Gasteiger charge is -2.11. The van der Waals surface area contributed by atoms with Crippen molar-refractivity contribution in [1.29, 1.82) is 0 Å². The zero-order valence-electron chi connectivity index (χ0n) is 11.2. The molecule has 1 amide bonds. The first-order valence-electron chi connectivity index (χ1n) is 6.21. The minimum Gasteiger partial charge on any atom is -0.319 e. The van der Waals surface area contributed by atoms with Gasteiger partial charge in [-0.15, -0.1) is 0 Å². The van der Waals surface area contributed by atoms with Crippen LogP contribution in [0.25, 0.3) is 0 Å². The molecule has 0 saturated carbocycles. The van der Waals surface area contributed by atoms with Crippen LogP contribution in [0.4, 0.5) is 5.69 Å². The molecule has 1 N–H and O–H groups in total. The lowest BCUT2D eigenvalue weighted by molar-refractivity contribution is -0.711. The minimum absolute atomic E-state index is 0.145. The van der Waals surface area contributed by atoms with E-state index < -0.39 is 0 Å². The number of anilines is 1. The summed E-state index contributed by atoms with van der Waals surface area (Å²) in [6, 6.07) is 10.4. The molecule has 0 saturated heterocycles. The monoisotopic (exact) mass is 309 g/mol. The van der Waals surface area contributed by atoms with E-state index in [2.05, 4.69) is 5.32 Å². The minimum atomic E-state index is -0.341. The fourth-order valence-electron chi connectivity index (χ4n) is 1.93. The van der Waals surface area contributed by atoms with Crippen LogP contribution in [0, 0.1) is 6.92 Å². The number of rotatable bonds is 3. The maximum absolute atomic E-state index is 12.3. The third-order valence-electron chi connectivity index (χ3n) is 3.09. The van der Waals surface area contributed by atoms with Crippen molar-refractivity contribution in [2.24, 2.45) is 0 Å². The van der Waals surface area contributed by atoms with Gasteiger partial charge >= 0.3 is 0 Å². The Morgan fingerprint density at radius 1 is 1.25 bits per heavy atom. The summed E-state index contributed by atoms with van der Waals surface area (Å²) >= 11 is 11.9. The predicted molar refractivity (Wildman–Crippen MR) is 81.2 cm³/mol. The second-order valence-electron chi connectivity index (χ2n) is 4.54. The maximum atomic E-state index is 12.3. The van der Waals surface area contributed by atoms with Crippen molar-refractivity contribution in [3.63, 3.8) is 0 Å². The molecule has 0 aliphatic heterocycles. The van der Waals surface area contributed by atoms with Crippen molar-refractivity contribution in [2.75, 3.05) is 5.32 Å². The Balaban J connectivity index is 2.20. The Bertz CT molecular complexity index is 644. The van der Waals surface area contributed by atoms with E-state index in [0.29, 0.717) is 15.7 Å². The SMILES string of the molecule is Cc1cccc[n+]1[C@H](C)C(=O)Nc1cc(Cl)ccc1Cl. The molecular weight excluding hydrogens is 295 g/mol. The largest absolute Gasteiger partial charge is 0.319 e. The van der Waals surface area contributed by atoms with Gasteiger partial charge in [-0.25, -0.2) is 0 Å². The van der Waals surface area contributed by atoms with Crippen molar-refractivity contribution >= 4 is 34.8 Å². The van der Waals surface area contributed by atoms with Gasteiger partial charge in [0.1, 0.15) is 0 Å². The second-order valence-corrected chi connectivity index (χ2v) is 5.38. The molecule has 0 unspecified atom stereocenters. The van der Waals surface area contributed by atoms with Gasteiger partial charge in [-0.05, 0) is 18.2 Å². The number of pyridine rings is 1. The fourth-order valence-corrected chi connectivity index (χ4v) is 2.27. The summed E-state index contributed by atoms with van der Waals surface area (Å²) in [5, 5.41) is 3.79. The molecule has 0 aliphatic rings. The van der Waals surface area contributed by atoms with Crippen LogP contribution in [0.15, 0.2) is 42.6 Å². The molecular formula is C15H15Cl2N2O+. The Morgan fingerprint density at radius 2 is 2.00 bits per heavy atom. The number of benzene rings is 1. The van der Waals surface area contributed by atoms with Crippen molar-refractivity contribution in [3.05, 3.63) is 58.3 Å². The van der Waals surface area contributed by atoms with Crippen LogP contribution in [0.1, 0.15) is 18.7 Å². The van der Waals surface area contributed by atoms with Crippen LogP contribution in [-0.2, 0) is 4.79 Å². The molecule has 1 aromatic carbocycles. The normalized spacial score (nSPS) is 12.0. The number of carbonyl (C=O) groups excluding carboxylic acids is 1. The summed E-state index contributed by atoms with van der Waals surface area (Å²) in [4.78, 5) is 12.3. The predicted octanol–water partition coefficient (Wildman–Crippen LogP) is 3.79. The number of carbonyl (C=O) groups is 1. The van der Waals surface area contributed by atoms with Gasteiger partial charge in [0.2, 0.25) is 6.04 Å². The van der Waals surface area contributed by atoms with E-state index in [1.807, 2.05) is 42.8 Å². The number of aryl methyl sites for hydroxylation is 1. The molecule has 5 heteroatoms. The first-order valence-corrected chi connectivity index (χ1v) is 6.97. The highest BCUT2D eigenvalue weighted by molar-refractivity contribution is 6.35. The van der Waals surface area contributed by atoms with Gasteiger partial charge in [0.25, 0.3) is 5.91 Å². The molecule has 20 heavy (non-hydrogen) atoms. The molecule has 2 rings (SSSR count). The highest BCUT2D eigenvalue weighted by Crippen LogP contribution is 2.25. The Kier molecular flexibility index (Phi) is 4.63. The van der Waals surface area contributed by atoms with E-state index in [-0.39, 0.29) is 11.9 Å². The number of hydrogen-bond acceptors (Lipinski definition) is 1. The first-order chi connectivity index (χ1) is 9.49. The highest BCUT2D eigenvalue weighted by Gasteiger charge is 2.24. The molecule has 3 nitrogen and oxygen atoms in total. The third-order valence-corrected chi connectivity index (χ3v) is 3.65. The standard InChI is InChI=1S/C15H14Cl2N2O/c1-10-5-3-4-8-19(10)11(2)15(20)18-14-9-12(16)6-7-13(14)17/h3-9,11H,1-2H3/p+1/t11-/m1/s1. The van der Waals surface area contributed by atoms with E-state index in [0.717, 1.165) is 5.69 Å². The number of halogens is 2. The van der Waals surface area contributed by atoms with Gasteiger partial charge in [-0.2, -0.15) is 4.57 Å². The van der Waals surface area contributed by atoms with Gasteiger partial charge in [0.15, 0.2) is 11.9 Å². The molecule has 2 aromatic rings. The zero-order chi connectivity index (χ0) is 14.7. The molecule has 0 aliphatic carbocycles. The van der Waals surface area contributed by atoms with E-state index in [4.69, 9.17) is 23.2 Å². The quantitative estimate of drug-likeness (QED) is 0.860. The lowest BCUT2D eigenvalue weighted by Crippen LogP contribution is -2.46. The number of nitrogens with one attached hydrogen (secondary N) is 1. The van der Waals surface area contributed by atoms with Crippen LogP contribution in [0.5, 0.6) is 0 Å². The van der Waals surface area contributed by atoms with Gasteiger partial charge in [-0.3, -0.25) is 4.79 Å². The molecule has 0 fully saturated rings. The van der Waals surface area contributed by atoms with Crippen molar-refractivity contribution in [2.45, 2.75) is 19.9 Å². The zero-order valence-corrected chi connectivity index (χ0v) is 12.7. The Hall–Kier alpha value is -1.58. The van der Waals surface area contributed by atoms with Crippen LogP contribution in [-0.4, -0.2) is 5.91 Å².